The zero-order valence-electron chi connectivity index (χ0n) is 9.60. The molecule has 0 N–H and O–H groups in total. The van der Waals surface area contributed by atoms with Gasteiger partial charge in [0.1, 0.15) is 11.4 Å². The normalized spacial score (nSPS) is 13.4. The van der Waals surface area contributed by atoms with Crippen LogP contribution in [0, 0.1) is 6.92 Å². The van der Waals surface area contributed by atoms with Crippen molar-refractivity contribution >= 4 is 19.7 Å². The van der Waals surface area contributed by atoms with Gasteiger partial charge < -0.3 is 4.52 Å². The first-order valence-corrected chi connectivity index (χ1v) is 7.91. The molecule has 0 spiro atoms. The second-order valence-corrected chi connectivity index (χ2v) is 7.23. The molecule has 0 saturated heterocycles. The van der Waals surface area contributed by atoms with Crippen LogP contribution in [0.4, 0.5) is 0 Å². The van der Waals surface area contributed by atoms with Crippen LogP contribution < -0.4 is 0 Å². The van der Waals surface area contributed by atoms with Crippen LogP contribution in [0.5, 0.6) is 0 Å². The quantitative estimate of drug-likeness (QED) is 0.678. The molecule has 0 unspecified atom stereocenters. The molecule has 0 saturated carbocycles. The Morgan fingerprint density at radius 3 is 2.94 bits per heavy atom. The summed E-state index contributed by atoms with van der Waals surface area (Å²) >= 11 is 0. The van der Waals surface area contributed by atoms with Gasteiger partial charge in [-0.25, -0.2) is 8.42 Å². The van der Waals surface area contributed by atoms with Crippen molar-refractivity contribution in [1.82, 2.24) is 5.16 Å². The Morgan fingerprint density at radius 2 is 2.22 bits per heavy atom. The van der Waals surface area contributed by atoms with Crippen molar-refractivity contribution < 1.29 is 12.9 Å². The first-order valence-electron chi connectivity index (χ1n) is 5.44. The summed E-state index contributed by atoms with van der Waals surface area (Å²) in [4.78, 5) is 0. The molecule has 94 valence electrons. The molecule has 0 fully saturated rings. The Labute approximate surface area is 109 Å². The number of rotatable bonds is 2. The number of benzene rings is 1. The Morgan fingerprint density at radius 1 is 1.44 bits per heavy atom. The van der Waals surface area contributed by atoms with Crippen molar-refractivity contribution in [3.63, 3.8) is 0 Å². The van der Waals surface area contributed by atoms with E-state index in [9.17, 15) is 8.42 Å². The fraction of sp³-hybridized carbons (Fsp3) is 0.250. The van der Waals surface area contributed by atoms with E-state index >= 15 is 0 Å². The van der Waals surface area contributed by atoms with E-state index in [1.165, 1.54) is 0 Å². The molecule has 0 radical (unpaired) electrons. The van der Waals surface area contributed by atoms with Crippen molar-refractivity contribution in [3.8, 4) is 11.3 Å². The van der Waals surface area contributed by atoms with Gasteiger partial charge in [-0.05, 0) is 18.6 Å². The summed E-state index contributed by atoms with van der Waals surface area (Å²) in [5.74, 6) is 0.379. The third kappa shape index (κ3) is 1.93. The molecule has 2 aromatic rings. The second-order valence-electron chi connectivity index (χ2n) is 4.46. The first kappa shape index (κ1) is 11.7. The third-order valence-electron chi connectivity index (χ3n) is 3.06. The number of nitrogens with zero attached hydrogens (tertiary/aromatic N) is 1. The van der Waals surface area contributed by atoms with Crippen molar-refractivity contribution in [2.24, 2.45) is 0 Å². The van der Waals surface area contributed by atoms with Gasteiger partial charge in [-0.2, -0.15) is 0 Å². The molecular formula is C12H10ClNO3S. The third-order valence-corrected chi connectivity index (χ3v) is 4.00. The summed E-state index contributed by atoms with van der Waals surface area (Å²) in [6.07, 6.45) is 0.649. The molecule has 1 aliphatic rings. The number of halogens is 1. The van der Waals surface area contributed by atoms with Crippen molar-refractivity contribution in [2.45, 2.75) is 19.1 Å². The highest BCUT2D eigenvalue weighted by atomic mass is 35.7. The summed E-state index contributed by atoms with van der Waals surface area (Å²) < 4.78 is 27.5. The molecule has 1 aromatic carbocycles. The predicted octanol–water partition coefficient (Wildman–Crippen LogP) is 2.62. The van der Waals surface area contributed by atoms with Crippen LogP contribution in [0.3, 0.4) is 0 Å². The largest absolute Gasteiger partial charge is 0.356 e. The maximum atomic E-state index is 11.1. The average Bonchev–Trinajstić information content (AvgIpc) is 2.77. The first-order chi connectivity index (χ1) is 8.44. The van der Waals surface area contributed by atoms with Crippen LogP contribution in [0.2, 0.25) is 0 Å². The minimum absolute atomic E-state index is 0.291. The molecular weight excluding hydrogens is 274 g/mol. The number of aryl methyl sites for hydroxylation is 1. The van der Waals surface area contributed by atoms with E-state index in [4.69, 9.17) is 15.2 Å². The molecule has 1 aromatic heterocycles. The molecule has 0 atom stereocenters. The van der Waals surface area contributed by atoms with E-state index in [-0.39, 0.29) is 5.75 Å². The second kappa shape index (κ2) is 3.83. The van der Waals surface area contributed by atoms with E-state index < -0.39 is 9.05 Å². The van der Waals surface area contributed by atoms with Gasteiger partial charge in [0.2, 0.25) is 9.05 Å². The highest BCUT2D eigenvalue weighted by molar-refractivity contribution is 8.13. The molecule has 1 aliphatic carbocycles. The summed E-state index contributed by atoms with van der Waals surface area (Å²) in [6, 6.07) is 6.07. The number of fused-ring (bicyclic) bond motifs is 3. The lowest BCUT2D eigenvalue weighted by Gasteiger charge is -1.99. The van der Waals surface area contributed by atoms with Crippen molar-refractivity contribution in [1.29, 1.82) is 0 Å². The summed E-state index contributed by atoms with van der Waals surface area (Å²) in [5.41, 5.74) is 4.50. The lowest BCUT2D eigenvalue weighted by Crippen LogP contribution is -1.98. The Hall–Kier alpha value is -1.33. The van der Waals surface area contributed by atoms with Crippen LogP contribution in [-0.2, 0) is 21.2 Å². The smallest absolute Gasteiger partial charge is 0.238 e. The minimum atomic E-state index is -3.61. The van der Waals surface area contributed by atoms with Crippen molar-refractivity contribution in [3.05, 3.63) is 40.6 Å². The molecule has 6 heteroatoms. The van der Waals surface area contributed by atoms with Gasteiger partial charge in [0.05, 0.1) is 0 Å². The van der Waals surface area contributed by atoms with Crippen molar-refractivity contribution in [2.75, 3.05) is 0 Å². The van der Waals surface area contributed by atoms with Gasteiger partial charge in [-0.3, -0.25) is 0 Å². The van der Waals surface area contributed by atoms with E-state index in [1.807, 2.05) is 25.1 Å². The number of aromatic nitrogens is 1. The summed E-state index contributed by atoms with van der Waals surface area (Å²) in [7, 11) is 1.64. The van der Waals surface area contributed by atoms with Crippen LogP contribution in [0.15, 0.2) is 22.7 Å². The number of hydrogen-bond donors (Lipinski definition) is 0. The van der Waals surface area contributed by atoms with Gasteiger partial charge >= 0.3 is 0 Å². The fourth-order valence-electron chi connectivity index (χ4n) is 2.26. The van der Waals surface area contributed by atoms with Crippen LogP contribution in [-0.4, -0.2) is 13.6 Å². The maximum Gasteiger partial charge on any atom is 0.238 e. The monoisotopic (exact) mass is 283 g/mol. The zero-order valence-corrected chi connectivity index (χ0v) is 11.2. The van der Waals surface area contributed by atoms with Gasteiger partial charge in [0.15, 0.2) is 5.76 Å². The van der Waals surface area contributed by atoms with E-state index in [0.29, 0.717) is 17.9 Å². The molecule has 0 amide bonds. The van der Waals surface area contributed by atoms with Gasteiger partial charge in [0.25, 0.3) is 0 Å². The highest BCUT2D eigenvalue weighted by Crippen LogP contribution is 2.39. The highest BCUT2D eigenvalue weighted by Gasteiger charge is 2.28. The van der Waals surface area contributed by atoms with E-state index in [2.05, 4.69) is 5.16 Å². The molecule has 0 bridgehead atoms. The zero-order chi connectivity index (χ0) is 12.9. The lowest BCUT2D eigenvalue weighted by molar-refractivity contribution is 0.426. The molecule has 4 nitrogen and oxygen atoms in total. The fourth-order valence-corrected chi connectivity index (χ4v) is 3.12. The SMILES string of the molecule is Cc1ccc2c(c1)-c1onc(CS(=O)(=O)Cl)c1C2. The minimum Gasteiger partial charge on any atom is -0.356 e. The molecule has 3 rings (SSSR count). The van der Waals surface area contributed by atoms with Gasteiger partial charge in [-0.1, -0.05) is 22.9 Å². The van der Waals surface area contributed by atoms with Gasteiger partial charge in [-0.15, -0.1) is 0 Å². The topological polar surface area (TPSA) is 60.2 Å². The Balaban J connectivity index is 2.09. The average molecular weight is 284 g/mol. The maximum absolute atomic E-state index is 11.1. The summed E-state index contributed by atoms with van der Waals surface area (Å²) in [5, 5.41) is 3.81. The van der Waals surface area contributed by atoms with E-state index in [1.54, 1.807) is 0 Å². The standard InChI is InChI=1S/C12H10ClNO3S/c1-7-2-3-8-5-10-11(6-18(13,15)16)14-17-12(10)9(8)4-7/h2-4H,5-6H2,1H3. The predicted molar refractivity (Wildman–Crippen MR) is 68.0 cm³/mol. The van der Waals surface area contributed by atoms with Crippen LogP contribution in [0.1, 0.15) is 22.4 Å². The Bertz CT molecular complexity index is 734. The van der Waals surface area contributed by atoms with Gasteiger partial charge in [0, 0.05) is 28.2 Å². The number of hydrogen-bond acceptors (Lipinski definition) is 4. The molecule has 1 heterocycles. The Kier molecular flexibility index (Phi) is 2.50. The lowest BCUT2D eigenvalue weighted by atomic mass is 10.1. The van der Waals surface area contributed by atoms with Crippen LogP contribution >= 0.6 is 10.7 Å². The summed E-state index contributed by atoms with van der Waals surface area (Å²) in [6.45, 7) is 2.00. The molecule has 18 heavy (non-hydrogen) atoms. The molecule has 0 aliphatic heterocycles. The van der Waals surface area contributed by atoms with Crippen LogP contribution in [0.25, 0.3) is 11.3 Å². The van der Waals surface area contributed by atoms with E-state index in [0.717, 1.165) is 22.3 Å².